The maximum absolute atomic E-state index is 11.8. The smallest absolute Gasteiger partial charge is 0.379 e. The van der Waals surface area contributed by atoms with E-state index in [1.54, 1.807) is 19.1 Å². The summed E-state index contributed by atoms with van der Waals surface area (Å²) in [4.78, 5) is 23.2. The zero-order valence-corrected chi connectivity index (χ0v) is 11.7. The second-order valence-electron chi connectivity index (χ2n) is 3.94. The fraction of sp³-hybridized carbons (Fsp3) is 0.385. The zero-order chi connectivity index (χ0) is 13.0. The van der Waals surface area contributed by atoms with Crippen molar-refractivity contribution in [2.24, 2.45) is 0 Å². The third-order valence-corrected chi connectivity index (χ3v) is 3.05. The molecule has 0 amide bonds. The summed E-state index contributed by atoms with van der Waals surface area (Å²) >= 11 is 3.27. The number of carbonyl (C=O) groups is 2. The highest BCUT2D eigenvalue weighted by atomic mass is 79.9. The van der Waals surface area contributed by atoms with Crippen molar-refractivity contribution in [1.29, 1.82) is 0 Å². The van der Waals surface area contributed by atoms with Crippen LogP contribution in [-0.4, -0.2) is 18.4 Å². The van der Waals surface area contributed by atoms with Crippen molar-refractivity contribution in [1.82, 2.24) is 0 Å². The van der Waals surface area contributed by atoms with E-state index >= 15 is 0 Å². The summed E-state index contributed by atoms with van der Waals surface area (Å²) in [5, 5.41) is 0. The molecule has 1 aromatic rings. The monoisotopic (exact) mass is 298 g/mol. The molecule has 0 aliphatic carbocycles. The minimum absolute atomic E-state index is 0.200. The zero-order valence-electron chi connectivity index (χ0n) is 10.1. The first-order chi connectivity index (χ1) is 7.97. The fourth-order valence-corrected chi connectivity index (χ4v) is 1.81. The van der Waals surface area contributed by atoms with Crippen LogP contribution in [0.5, 0.6) is 0 Å². The Morgan fingerprint density at radius 1 is 1.35 bits per heavy atom. The van der Waals surface area contributed by atoms with Crippen LogP contribution in [0.15, 0.2) is 22.7 Å². The van der Waals surface area contributed by atoms with Crippen molar-refractivity contribution < 1.29 is 14.3 Å². The lowest BCUT2D eigenvalue weighted by Gasteiger charge is -2.09. The number of benzene rings is 1. The maximum Gasteiger partial charge on any atom is 0.379 e. The maximum atomic E-state index is 11.8. The van der Waals surface area contributed by atoms with Crippen LogP contribution in [0.25, 0.3) is 0 Å². The van der Waals surface area contributed by atoms with Gasteiger partial charge in [0.2, 0.25) is 0 Å². The van der Waals surface area contributed by atoms with Gasteiger partial charge in [0.1, 0.15) is 0 Å². The molecule has 17 heavy (non-hydrogen) atoms. The quantitative estimate of drug-likeness (QED) is 0.486. The average Bonchev–Trinajstić information content (AvgIpc) is 2.28. The number of esters is 1. The Bertz CT molecular complexity index is 438. The van der Waals surface area contributed by atoms with Crippen molar-refractivity contribution in [2.75, 3.05) is 6.61 Å². The molecule has 0 bridgehead atoms. The van der Waals surface area contributed by atoms with Gasteiger partial charge in [-0.1, -0.05) is 35.8 Å². The van der Waals surface area contributed by atoms with Crippen molar-refractivity contribution in [2.45, 2.75) is 26.7 Å². The average molecular weight is 299 g/mol. The lowest BCUT2D eigenvalue weighted by Crippen LogP contribution is -2.18. The molecule has 1 aromatic carbocycles. The third-order valence-electron chi connectivity index (χ3n) is 2.36. The highest BCUT2D eigenvalue weighted by Crippen LogP contribution is 2.23. The van der Waals surface area contributed by atoms with Gasteiger partial charge in [-0.05, 0) is 30.5 Å². The van der Waals surface area contributed by atoms with Gasteiger partial charge in [0.25, 0.3) is 5.78 Å². The first-order valence-electron chi connectivity index (χ1n) is 5.48. The first kappa shape index (κ1) is 13.9. The molecule has 0 N–H and O–H groups in total. The van der Waals surface area contributed by atoms with Crippen LogP contribution in [0.3, 0.4) is 0 Å². The molecule has 0 saturated heterocycles. The van der Waals surface area contributed by atoms with E-state index in [1.807, 2.05) is 19.9 Å². The first-order valence-corrected chi connectivity index (χ1v) is 6.27. The van der Waals surface area contributed by atoms with Gasteiger partial charge in [0.15, 0.2) is 0 Å². The number of halogens is 1. The van der Waals surface area contributed by atoms with Crippen molar-refractivity contribution >= 4 is 27.7 Å². The van der Waals surface area contributed by atoms with Crippen LogP contribution in [0.2, 0.25) is 0 Å². The summed E-state index contributed by atoms with van der Waals surface area (Å²) in [6, 6.07) is 5.44. The van der Waals surface area contributed by atoms with Gasteiger partial charge in [0.05, 0.1) is 6.61 Å². The molecule has 0 aromatic heterocycles. The van der Waals surface area contributed by atoms with E-state index in [1.165, 1.54) is 0 Å². The highest BCUT2D eigenvalue weighted by Gasteiger charge is 2.20. The van der Waals surface area contributed by atoms with Gasteiger partial charge >= 0.3 is 5.97 Å². The Morgan fingerprint density at radius 3 is 2.53 bits per heavy atom. The van der Waals surface area contributed by atoms with Gasteiger partial charge in [-0.3, -0.25) is 4.79 Å². The molecule has 0 unspecified atom stereocenters. The topological polar surface area (TPSA) is 43.4 Å². The molecule has 0 spiro atoms. The predicted octanol–water partition coefficient (Wildman–Crippen LogP) is 3.32. The van der Waals surface area contributed by atoms with Crippen LogP contribution in [0, 0.1) is 0 Å². The van der Waals surface area contributed by atoms with Crippen LogP contribution in [0.4, 0.5) is 0 Å². The molecule has 0 aliphatic rings. The van der Waals surface area contributed by atoms with E-state index in [2.05, 4.69) is 15.9 Å². The van der Waals surface area contributed by atoms with E-state index in [4.69, 9.17) is 4.74 Å². The molecule has 0 saturated carbocycles. The molecule has 1 rings (SSSR count). The Kier molecular flexibility index (Phi) is 4.87. The van der Waals surface area contributed by atoms with Crippen molar-refractivity contribution in [3.05, 3.63) is 33.8 Å². The van der Waals surface area contributed by atoms with E-state index in [-0.39, 0.29) is 6.61 Å². The SMILES string of the molecule is CCOC(=O)C(=O)c1cc(C(C)C)ccc1Br. The van der Waals surface area contributed by atoms with Gasteiger partial charge < -0.3 is 4.74 Å². The van der Waals surface area contributed by atoms with E-state index in [0.29, 0.717) is 16.0 Å². The molecule has 0 heterocycles. The fourth-order valence-electron chi connectivity index (χ4n) is 1.38. The second-order valence-corrected chi connectivity index (χ2v) is 4.80. The number of Topliss-reactive ketones (excluding diaryl/α,β-unsaturated/α-hetero) is 1. The molecule has 4 heteroatoms. The number of carbonyl (C=O) groups excluding carboxylic acids is 2. The van der Waals surface area contributed by atoms with Crippen LogP contribution in [0.1, 0.15) is 42.6 Å². The van der Waals surface area contributed by atoms with Crippen molar-refractivity contribution in [3.8, 4) is 0 Å². The minimum Gasteiger partial charge on any atom is -0.460 e. The minimum atomic E-state index is -0.811. The number of hydrogen-bond acceptors (Lipinski definition) is 3. The standard InChI is InChI=1S/C13H15BrO3/c1-4-17-13(16)12(15)10-7-9(8(2)3)5-6-11(10)14/h5-8H,4H2,1-3H3. The number of hydrogen-bond donors (Lipinski definition) is 0. The summed E-state index contributed by atoms with van der Waals surface area (Å²) in [7, 11) is 0. The van der Waals surface area contributed by atoms with Gasteiger partial charge in [0, 0.05) is 10.0 Å². The number of ether oxygens (including phenoxy) is 1. The molecule has 3 nitrogen and oxygen atoms in total. The molecular weight excluding hydrogens is 284 g/mol. The summed E-state index contributed by atoms with van der Waals surface area (Å²) in [5.74, 6) is -1.12. The number of ketones is 1. The summed E-state index contributed by atoms with van der Waals surface area (Å²) in [6.45, 7) is 5.93. The Morgan fingerprint density at radius 2 is 2.00 bits per heavy atom. The normalized spacial score (nSPS) is 10.4. The summed E-state index contributed by atoms with van der Waals surface area (Å²) in [6.07, 6.45) is 0. The molecule has 92 valence electrons. The largest absolute Gasteiger partial charge is 0.460 e. The van der Waals surface area contributed by atoms with E-state index < -0.39 is 11.8 Å². The Hall–Kier alpha value is -1.16. The van der Waals surface area contributed by atoms with Gasteiger partial charge in [-0.25, -0.2) is 4.79 Å². The van der Waals surface area contributed by atoms with Crippen LogP contribution >= 0.6 is 15.9 Å². The van der Waals surface area contributed by atoms with Gasteiger partial charge in [-0.15, -0.1) is 0 Å². The van der Waals surface area contributed by atoms with E-state index in [0.717, 1.165) is 5.56 Å². The van der Waals surface area contributed by atoms with E-state index in [9.17, 15) is 9.59 Å². The summed E-state index contributed by atoms with van der Waals surface area (Å²) < 4.78 is 5.32. The Balaban J connectivity index is 3.08. The molecule has 0 atom stereocenters. The lowest BCUT2D eigenvalue weighted by atomic mass is 9.99. The van der Waals surface area contributed by atoms with Gasteiger partial charge in [-0.2, -0.15) is 0 Å². The molecule has 0 radical (unpaired) electrons. The van der Waals surface area contributed by atoms with Crippen molar-refractivity contribution in [3.63, 3.8) is 0 Å². The molecule has 0 fully saturated rings. The highest BCUT2D eigenvalue weighted by molar-refractivity contribution is 9.10. The third kappa shape index (κ3) is 3.40. The lowest BCUT2D eigenvalue weighted by molar-refractivity contribution is -0.137. The molecule has 0 aliphatic heterocycles. The van der Waals surface area contributed by atoms with Crippen LogP contribution in [-0.2, 0) is 9.53 Å². The van der Waals surface area contributed by atoms with Crippen LogP contribution < -0.4 is 0 Å². The second kappa shape index (κ2) is 5.96. The predicted molar refractivity (Wildman–Crippen MR) is 69.2 cm³/mol. The summed E-state index contributed by atoms with van der Waals surface area (Å²) in [5.41, 5.74) is 1.37. The molecular formula is C13H15BrO3. The number of rotatable bonds is 4. The Labute approximate surface area is 109 Å².